The van der Waals surface area contributed by atoms with Crippen LogP contribution in [-0.2, 0) is 0 Å². The molecule has 2 aromatic rings. The van der Waals surface area contributed by atoms with Crippen LogP contribution in [0.4, 0.5) is 0 Å². The standard InChI is InChI=1S/C16H18N2O2/c1-3-20-15-7-5-4-6-14(15)16(19)18-12(2)13-8-10-17-11-9-13/h4-12H,3H2,1-2H3,(H,18,19)/t12-/m0/s1. The van der Waals surface area contributed by atoms with Gasteiger partial charge in [-0.15, -0.1) is 0 Å². The summed E-state index contributed by atoms with van der Waals surface area (Å²) >= 11 is 0. The van der Waals surface area contributed by atoms with Gasteiger partial charge in [-0.1, -0.05) is 12.1 Å². The summed E-state index contributed by atoms with van der Waals surface area (Å²) < 4.78 is 5.47. The lowest BCUT2D eigenvalue weighted by Gasteiger charge is -2.15. The van der Waals surface area contributed by atoms with Gasteiger partial charge in [0.05, 0.1) is 18.2 Å². The number of pyridine rings is 1. The van der Waals surface area contributed by atoms with Crippen LogP contribution in [-0.4, -0.2) is 17.5 Å². The summed E-state index contributed by atoms with van der Waals surface area (Å²) in [5.74, 6) is 0.466. The molecule has 0 aliphatic rings. The maximum absolute atomic E-state index is 12.3. The molecule has 104 valence electrons. The highest BCUT2D eigenvalue weighted by atomic mass is 16.5. The molecule has 0 radical (unpaired) electrons. The van der Waals surface area contributed by atoms with Crippen LogP contribution in [0.25, 0.3) is 0 Å². The molecule has 1 aromatic heterocycles. The van der Waals surface area contributed by atoms with Gasteiger partial charge < -0.3 is 10.1 Å². The lowest BCUT2D eigenvalue weighted by Crippen LogP contribution is -2.27. The number of hydrogen-bond donors (Lipinski definition) is 1. The van der Waals surface area contributed by atoms with E-state index < -0.39 is 0 Å². The Morgan fingerprint density at radius 2 is 1.95 bits per heavy atom. The van der Waals surface area contributed by atoms with Crippen molar-refractivity contribution >= 4 is 5.91 Å². The van der Waals surface area contributed by atoms with Gasteiger partial charge in [0.15, 0.2) is 0 Å². The van der Waals surface area contributed by atoms with Gasteiger partial charge in [0.1, 0.15) is 5.75 Å². The number of nitrogens with one attached hydrogen (secondary N) is 1. The van der Waals surface area contributed by atoms with Crippen LogP contribution < -0.4 is 10.1 Å². The van der Waals surface area contributed by atoms with E-state index in [0.717, 1.165) is 5.56 Å². The van der Waals surface area contributed by atoms with Crippen LogP contribution in [0.2, 0.25) is 0 Å². The number of para-hydroxylation sites is 1. The summed E-state index contributed by atoms with van der Waals surface area (Å²) in [6, 6.07) is 10.9. The number of carbonyl (C=O) groups is 1. The Bertz CT molecular complexity index is 570. The third-order valence-electron chi connectivity index (χ3n) is 2.99. The van der Waals surface area contributed by atoms with Crippen molar-refractivity contribution in [1.29, 1.82) is 0 Å². The molecule has 0 saturated heterocycles. The van der Waals surface area contributed by atoms with Crippen molar-refractivity contribution in [2.45, 2.75) is 19.9 Å². The molecule has 1 aromatic carbocycles. The van der Waals surface area contributed by atoms with E-state index in [9.17, 15) is 4.79 Å². The molecular formula is C16H18N2O2. The van der Waals surface area contributed by atoms with Crippen LogP contribution in [0.15, 0.2) is 48.8 Å². The Morgan fingerprint density at radius 1 is 1.25 bits per heavy atom. The van der Waals surface area contributed by atoms with Crippen LogP contribution in [0.5, 0.6) is 5.75 Å². The minimum atomic E-state index is -0.140. The predicted octanol–water partition coefficient (Wildman–Crippen LogP) is 2.97. The lowest BCUT2D eigenvalue weighted by atomic mass is 10.1. The molecule has 0 aliphatic carbocycles. The van der Waals surface area contributed by atoms with Crippen LogP contribution in [0.1, 0.15) is 35.8 Å². The van der Waals surface area contributed by atoms with E-state index in [2.05, 4.69) is 10.3 Å². The normalized spacial score (nSPS) is 11.7. The largest absolute Gasteiger partial charge is 0.493 e. The van der Waals surface area contributed by atoms with E-state index in [4.69, 9.17) is 4.74 Å². The molecule has 20 heavy (non-hydrogen) atoms. The zero-order valence-corrected chi connectivity index (χ0v) is 11.7. The number of benzene rings is 1. The highest BCUT2D eigenvalue weighted by Crippen LogP contribution is 2.19. The molecule has 1 amide bonds. The van der Waals surface area contributed by atoms with Crippen molar-refractivity contribution in [2.24, 2.45) is 0 Å². The first-order valence-electron chi connectivity index (χ1n) is 6.65. The summed E-state index contributed by atoms with van der Waals surface area (Å²) in [4.78, 5) is 16.3. The maximum atomic E-state index is 12.3. The SMILES string of the molecule is CCOc1ccccc1C(=O)N[C@@H](C)c1ccncc1. The second kappa shape index (κ2) is 6.70. The lowest BCUT2D eigenvalue weighted by molar-refractivity contribution is 0.0936. The monoisotopic (exact) mass is 270 g/mol. The van der Waals surface area contributed by atoms with E-state index in [-0.39, 0.29) is 11.9 Å². The van der Waals surface area contributed by atoms with E-state index in [1.165, 1.54) is 0 Å². The predicted molar refractivity (Wildman–Crippen MR) is 77.7 cm³/mol. The quantitative estimate of drug-likeness (QED) is 0.908. The first-order valence-corrected chi connectivity index (χ1v) is 6.65. The number of aromatic nitrogens is 1. The highest BCUT2D eigenvalue weighted by molar-refractivity contribution is 5.97. The average Bonchev–Trinajstić information content (AvgIpc) is 2.49. The second-order valence-corrected chi connectivity index (χ2v) is 4.40. The van der Waals surface area contributed by atoms with Gasteiger partial charge >= 0.3 is 0 Å². The van der Waals surface area contributed by atoms with Gasteiger partial charge in [0, 0.05) is 12.4 Å². The van der Waals surface area contributed by atoms with Crippen molar-refractivity contribution < 1.29 is 9.53 Å². The molecule has 0 fully saturated rings. The van der Waals surface area contributed by atoms with Gasteiger partial charge in [0.2, 0.25) is 0 Å². The first-order chi connectivity index (χ1) is 9.72. The molecule has 0 spiro atoms. The van der Waals surface area contributed by atoms with Crippen LogP contribution in [0.3, 0.4) is 0 Å². The fraction of sp³-hybridized carbons (Fsp3) is 0.250. The van der Waals surface area contributed by atoms with E-state index in [0.29, 0.717) is 17.9 Å². The molecule has 0 aliphatic heterocycles. The molecule has 2 rings (SSSR count). The molecular weight excluding hydrogens is 252 g/mol. The van der Waals surface area contributed by atoms with Crippen molar-refractivity contribution in [1.82, 2.24) is 10.3 Å². The van der Waals surface area contributed by atoms with Gasteiger partial charge in [-0.2, -0.15) is 0 Å². The Labute approximate surface area is 118 Å². The second-order valence-electron chi connectivity index (χ2n) is 4.40. The number of carbonyl (C=O) groups excluding carboxylic acids is 1. The Morgan fingerprint density at radius 3 is 2.65 bits per heavy atom. The van der Waals surface area contributed by atoms with Crippen LogP contribution in [0, 0.1) is 0 Å². The molecule has 1 atom stereocenters. The van der Waals surface area contributed by atoms with Gasteiger partial charge in [-0.05, 0) is 43.7 Å². The number of nitrogens with zero attached hydrogens (tertiary/aromatic N) is 1. The summed E-state index contributed by atoms with van der Waals surface area (Å²) in [6.45, 7) is 4.37. The minimum Gasteiger partial charge on any atom is -0.493 e. The zero-order valence-electron chi connectivity index (χ0n) is 11.7. The topological polar surface area (TPSA) is 51.2 Å². The van der Waals surface area contributed by atoms with Gasteiger partial charge in [0.25, 0.3) is 5.91 Å². The Kier molecular flexibility index (Phi) is 4.71. The number of rotatable bonds is 5. The van der Waals surface area contributed by atoms with Crippen molar-refractivity contribution in [3.8, 4) is 5.75 Å². The van der Waals surface area contributed by atoms with Gasteiger partial charge in [-0.3, -0.25) is 9.78 Å². The third kappa shape index (κ3) is 3.35. The average molecular weight is 270 g/mol. The minimum absolute atomic E-state index is 0.0832. The number of ether oxygens (including phenoxy) is 1. The van der Waals surface area contributed by atoms with Crippen molar-refractivity contribution in [3.05, 3.63) is 59.9 Å². The Hall–Kier alpha value is -2.36. The van der Waals surface area contributed by atoms with E-state index in [1.807, 2.05) is 38.1 Å². The summed E-state index contributed by atoms with van der Waals surface area (Å²) in [6.07, 6.45) is 3.43. The molecule has 1 heterocycles. The van der Waals surface area contributed by atoms with Crippen molar-refractivity contribution in [2.75, 3.05) is 6.61 Å². The third-order valence-corrected chi connectivity index (χ3v) is 2.99. The number of hydrogen-bond acceptors (Lipinski definition) is 3. The summed E-state index contributed by atoms with van der Waals surface area (Å²) in [7, 11) is 0. The molecule has 0 bridgehead atoms. The first kappa shape index (κ1) is 14.1. The van der Waals surface area contributed by atoms with Crippen molar-refractivity contribution in [3.63, 3.8) is 0 Å². The maximum Gasteiger partial charge on any atom is 0.255 e. The Balaban J connectivity index is 2.12. The zero-order chi connectivity index (χ0) is 14.4. The van der Waals surface area contributed by atoms with E-state index in [1.54, 1.807) is 24.5 Å². The van der Waals surface area contributed by atoms with E-state index >= 15 is 0 Å². The number of amides is 1. The highest BCUT2D eigenvalue weighted by Gasteiger charge is 2.15. The molecule has 0 unspecified atom stereocenters. The molecule has 4 nitrogen and oxygen atoms in total. The summed E-state index contributed by atoms with van der Waals surface area (Å²) in [5.41, 5.74) is 1.57. The van der Waals surface area contributed by atoms with Gasteiger partial charge in [-0.25, -0.2) is 0 Å². The molecule has 0 saturated carbocycles. The molecule has 1 N–H and O–H groups in total. The molecule has 4 heteroatoms. The fourth-order valence-electron chi connectivity index (χ4n) is 1.95. The smallest absolute Gasteiger partial charge is 0.255 e. The van der Waals surface area contributed by atoms with Crippen LogP contribution >= 0.6 is 0 Å². The summed E-state index contributed by atoms with van der Waals surface area (Å²) in [5, 5.41) is 2.96. The fourth-order valence-corrected chi connectivity index (χ4v) is 1.95.